The van der Waals surface area contributed by atoms with E-state index in [0.29, 0.717) is 0 Å². The Bertz CT molecular complexity index is 483. The van der Waals surface area contributed by atoms with Crippen molar-refractivity contribution in [2.24, 2.45) is 5.73 Å². The zero-order valence-corrected chi connectivity index (χ0v) is 14.1. The minimum atomic E-state index is -1.59. The average Bonchev–Trinajstić information content (AvgIpc) is 2.60. The van der Waals surface area contributed by atoms with Gasteiger partial charge in [0.25, 0.3) is 0 Å². The van der Waals surface area contributed by atoms with Crippen LogP contribution >= 0.6 is 0 Å². The van der Waals surface area contributed by atoms with Gasteiger partial charge in [-0.25, -0.2) is 4.79 Å². The Morgan fingerprint density at radius 2 is 1.58 bits per heavy atom. The quantitative estimate of drug-likeness (QED) is 0.228. The Balaban J connectivity index is 2.14. The SMILES string of the molecule is CC1O[C@@H](CO)[C@@H](O)[C@H](O)[C@@H]1O[C@H]1O[C@H](CO)[C@@H](O)[C@H](NC(N)=O)[C@@H]1O. The third-order valence-electron chi connectivity index (χ3n) is 4.58. The largest absolute Gasteiger partial charge is 0.394 e. The van der Waals surface area contributed by atoms with Crippen molar-refractivity contribution in [1.82, 2.24) is 5.32 Å². The van der Waals surface area contributed by atoms with Gasteiger partial charge in [-0.1, -0.05) is 0 Å². The van der Waals surface area contributed by atoms with Gasteiger partial charge in [0.2, 0.25) is 0 Å². The van der Waals surface area contributed by atoms with E-state index in [0.717, 1.165) is 0 Å². The first-order valence-electron chi connectivity index (χ1n) is 8.17. The van der Waals surface area contributed by atoms with Crippen LogP contribution in [-0.2, 0) is 14.2 Å². The molecule has 12 nitrogen and oxygen atoms in total. The number of amides is 2. The van der Waals surface area contributed by atoms with Crippen LogP contribution in [0.5, 0.6) is 0 Å². The van der Waals surface area contributed by atoms with E-state index in [1.54, 1.807) is 0 Å². The highest BCUT2D eigenvalue weighted by Gasteiger charge is 2.50. The molecule has 1 unspecified atom stereocenters. The smallest absolute Gasteiger partial charge is 0.312 e. The summed E-state index contributed by atoms with van der Waals surface area (Å²) in [5, 5.41) is 61.2. The first-order chi connectivity index (χ1) is 12.2. The summed E-state index contributed by atoms with van der Waals surface area (Å²) in [6, 6.07) is -2.31. The van der Waals surface area contributed by atoms with Crippen molar-refractivity contribution in [2.45, 2.75) is 68.1 Å². The molecule has 0 aliphatic carbocycles. The fraction of sp³-hybridized carbons (Fsp3) is 0.929. The average molecular weight is 382 g/mol. The molecule has 2 saturated heterocycles. The number of hydrogen-bond donors (Lipinski definition) is 8. The highest BCUT2D eigenvalue weighted by atomic mass is 16.7. The van der Waals surface area contributed by atoms with Gasteiger partial charge >= 0.3 is 6.03 Å². The van der Waals surface area contributed by atoms with Crippen LogP contribution < -0.4 is 11.1 Å². The molecular formula is C14H26N2O10. The van der Waals surface area contributed by atoms with Crippen LogP contribution in [0.1, 0.15) is 6.92 Å². The summed E-state index contributed by atoms with van der Waals surface area (Å²) in [4.78, 5) is 11.1. The second kappa shape index (κ2) is 8.73. The summed E-state index contributed by atoms with van der Waals surface area (Å²) >= 11 is 0. The Hall–Kier alpha value is -1.09. The summed E-state index contributed by atoms with van der Waals surface area (Å²) in [5.74, 6) is 0. The fourth-order valence-electron chi connectivity index (χ4n) is 3.16. The van der Waals surface area contributed by atoms with Gasteiger partial charge < -0.3 is 55.9 Å². The number of hydrogen-bond acceptors (Lipinski definition) is 10. The fourth-order valence-corrected chi connectivity index (χ4v) is 3.16. The number of urea groups is 1. The molecule has 26 heavy (non-hydrogen) atoms. The van der Waals surface area contributed by atoms with Crippen LogP contribution in [0.2, 0.25) is 0 Å². The lowest BCUT2D eigenvalue weighted by Crippen LogP contribution is -2.67. The number of rotatable bonds is 5. The van der Waals surface area contributed by atoms with Crippen LogP contribution in [0, 0.1) is 0 Å². The van der Waals surface area contributed by atoms with Gasteiger partial charge in [0.05, 0.1) is 25.4 Å². The van der Waals surface area contributed by atoms with Crippen molar-refractivity contribution in [3.05, 3.63) is 0 Å². The van der Waals surface area contributed by atoms with Gasteiger partial charge in [0.1, 0.15) is 42.7 Å². The van der Waals surface area contributed by atoms with Crippen LogP contribution in [0.15, 0.2) is 0 Å². The summed E-state index contributed by atoms with van der Waals surface area (Å²) in [6.07, 6.45) is -11.6. The van der Waals surface area contributed by atoms with Crippen LogP contribution in [0.4, 0.5) is 4.79 Å². The van der Waals surface area contributed by atoms with E-state index in [-0.39, 0.29) is 0 Å². The number of ether oxygens (including phenoxy) is 3. The predicted molar refractivity (Wildman–Crippen MR) is 82.6 cm³/mol. The molecule has 2 aliphatic heterocycles. The van der Waals surface area contributed by atoms with Crippen molar-refractivity contribution >= 4 is 6.03 Å². The van der Waals surface area contributed by atoms with E-state index < -0.39 is 80.4 Å². The topological polar surface area (TPSA) is 204 Å². The van der Waals surface area contributed by atoms with Crippen LogP contribution in [0.3, 0.4) is 0 Å². The van der Waals surface area contributed by atoms with Gasteiger partial charge in [0, 0.05) is 0 Å². The molecule has 2 rings (SSSR count). The number of primary amides is 1. The molecule has 2 amide bonds. The molecule has 9 N–H and O–H groups in total. The van der Waals surface area contributed by atoms with Gasteiger partial charge in [-0.05, 0) is 6.92 Å². The Kier molecular flexibility index (Phi) is 7.12. The molecule has 0 spiro atoms. The highest BCUT2D eigenvalue weighted by molar-refractivity contribution is 5.72. The van der Waals surface area contributed by atoms with Gasteiger partial charge in [-0.2, -0.15) is 0 Å². The van der Waals surface area contributed by atoms with Crippen molar-refractivity contribution in [3.63, 3.8) is 0 Å². The third kappa shape index (κ3) is 4.24. The van der Waals surface area contributed by atoms with Gasteiger partial charge in [-0.15, -0.1) is 0 Å². The monoisotopic (exact) mass is 382 g/mol. The van der Waals surface area contributed by atoms with Gasteiger partial charge in [0.15, 0.2) is 6.29 Å². The zero-order chi connectivity index (χ0) is 19.6. The van der Waals surface area contributed by atoms with E-state index >= 15 is 0 Å². The molecule has 2 heterocycles. The van der Waals surface area contributed by atoms with E-state index in [2.05, 4.69) is 5.32 Å². The Labute approximate surface area is 149 Å². The Morgan fingerprint density at radius 3 is 2.12 bits per heavy atom. The molecule has 12 heteroatoms. The van der Waals surface area contributed by atoms with E-state index in [9.17, 15) is 30.3 Å². The molecule has 0 aromatic heterocycles. The second-order valence-electron chi connectivity index (χ2n) is 6.39. The van der Waals surface area contributed by atoms with E-state index in [1.807, 2.05) is 0 Å². The van der Waals surface area contributed by atoms with Gasteiger partial charge in [-0.3, -0.25) is 0 Å². The minimum absolute atomic E-state index is 0.513. The van der Waals surface area contributed by atoms with Crippen molar-refractivity contribution in [3.8, 4) is 0 Å². The number of aliphatic hydroxyl groups is 6. The number of nitrogens with two attached hydrogens (primary N) is 1. The molecule has 2 fully saturated rings. The normalized spacial score (nSPS) is 46.7. The van der Waals surface area contributed by atoms with Crippen molar-refractivity contribution < 1.29 is 49.6 Å². The lowest BCUT2D eigenvalue weighted by atomic mass is 9.94. The van der Waals surface area contributed by atoms with Crippen LogP contribution in [0.25, 0.3) is 0 Å². The summed E-state index contributed by atoms with van der Waals surface area (Å²) in [6.45, 7) is 0.371. The molecule has 0 aromatic rings. The highest BCUT2D eigenvalue weighted by Crippen LogP contribution is 2.28. The Morgan fingerprint density at radius 1 is 1.00 bits per heavy atom. The molecule has 0 bridgehead atoms. The molecule has 0 radical (unpaired) electrons. The minimum Gasteiger partial charge on any atom is -0.394 e. The number of carbonyl (C=O) groups excluding carboxylic acids is 1. The van der Waals surface area contributed by atoms with E-state index in [4.69, 9.17) is 25.1 Å². The molecular weight excluding hydrogens is 356 g/mol. The van der Waals surface area contributed by atoms with E-state index in [1.165, 1.54) is 6.92 Å². The number of aliphatic hydroxyl groups excluding tert-OH is 6. The first-order valence-corrected chi connectivity index (χ1v) is 8.17. The maximum absolute atomic E-state index is 11.1. The lowest BCUT2D eigenvalue weighted by molar-refractivity contribution is -0.327. The second-order valence-corrected chi connectivity index (χ2v) is 6.39. The first kappa shape index (κ1) is 21.2. The molecule has 152 valence electrons. The summed E-state index contributed by atoms with van der Waals surface area (Å²) in [7, 11) is 0. The van der Waals surface area contributed by atoms with Crippen LogP contribution in [-0.4, -0.2) is 111 Å². The lowest BCUT2D eigenvalue weighted by Gasteiger charge is -2.46. The summed E-state index contributed by atoms with van der Waals surface area (Å²) in [5.41, 5.74) is 5.02. The summed E-state index contributed by atoms with van der Waals surface area (Å²) < 4.78 is 16.2. The van der Waals surface area contributed by atoms with Crippen molar-refractivity contribution in [2.75, 3.05) is 13.2 Å². The maximum Gasteiger partial charge on any atom is 0.312 e. The van der Waals surface area contributed by atoms with Crippen molar-refractivity contribution in [1.29, 1.82) is 0 Å². The maximum atomic E-state index is 11.1. The standard InChI is InChI=1S/C14H26N2O10/c1-4-12(11(22)9(20)6(3-18)24-4)26-13-10(21)7(16-14(15)23)8(19)5(2-17)25-13/h4-13,17-22H,2-3H2,1H3,(H3,15,16,23)/t4?,5-,6+,7+,8-,9-,10+,11+,12-,13-/m1/s1. The molecule has 0 aromatic carbocycles. The molecule has 2 aliphatic rings. The molecule has 10 atom stereocenters. The predicted octanol–water partition coefficient (Wildman–Crippen LogP) is -4.65. The third-order valence-corrected chi connectivity index (χ3v) is 4.58. The zero-order valence-electron chi connectivity index (χ0n) is 14.1. The molecule has 0 saturated carbocycles. The number of nitrogens with one attached hydrogen (secondary N) is 1. The number of carbonyl (C=O) groups is 1.